The lowest BCUT2D eigenvalue weighted by molar-refractivity contribution is 0.141. The summed E-state index contributed by atoms with van der Waals surface area (Å²) < 4.78 is 6.62. The van der Waals surface area contributed by atoms with Crippen LogP contribution in [0.1, 0.15) is 27.2 Å². The van der Waals surface area contributed by atoms with E-state index < -0.39 is 11.2 Å². The lowest BCUT2D eigenvalue weighted by atomic mass is 10.3. The summed E-state index contributed by atoms with van der Waals surface area (Å²) in [5, 5.41) is 2.99. The third kappa shape index (κ3) is 3.85. The molecule has 0 radical (unpaired) electrons. The van der Waals surface area contributed by atoms with Gasteiger partial charge in [0.05, 0.1) is 6.61 Å². The second-order valence-corrected chi connectivity index (χ2v) is 4.38. The van der Waals surface area contributed by atoms with Gasteiger partial charge in [-0.25, -0.2) is 4.79 Å². The highest BCUT2D eigenvalue weighted by atomic mass is 16.5. The molecule has 0 spiro atoms. The topological polar surface area (TPSA) is 102 Å². The molecule has 108 valence electrons. The Morgan fingerprint density at radius 1 is 1.42 bits per heavy atom. The molecule has 7 heteroatoms. The van der Waals surface area contributed by atoms with E-state index in [1.165, 1.54) is 4.57 Å². The zero-order valence-electron chi connectivity index (χ0n) is 11.7. The molecule has 0 aromatic carbocycles. The molecule has 0 saturated carbocycles. The SMILES string of the molecule is CCCn1c(N)c(NC(C)COCC)c(=O)[nH]c1=O. The van der Waals surface area contributed by atoms with Crippen molar-refractivity contribution in [3.8, 4) is 0 Å². The third-order valence-corrected chi connectivity index (χ3v) is 2.65. The standard InChI is InChI=1S/C12H22N4O3/c1-4-6-16-10(13)9(11(17)15-12(16)18)14-8(3)7-19-5-2/h8,14H,4-7,13H2,1-3H3,(H,15,17,18). The van der Waals surface area contributed by atoms with Crippen LogP contribution in [0.25, 0.3) is 0 Å². The average molecular weight is 270 g/mol. The number of H-pyrrole nitrogens is 1. The Balaban J connectivity index is 3.03. The number of ether oxygens (including phenoxy) is 1. The van der Waals surface area contributed by atoms with Gasteiger partial charge < -0.3 is 15.8 Å². The van der Waals surface area contributed by atoms with Crippen LogP contribution < -0.4 is 22.3 Å². The van der Waals surface area contributed by atoms with E-state index in [0.29, 0.717) is 19.8 Å². The minimum atomic E-state index is -0.502. The van der Waals surface area contributed by atoms with Gasteiger partial charge in [-0.05, 0) is 20.3 Å². The minimum absolute atomic E-state index is 0.0732. The first-order chi connectivity index (χ1) is 9.01. The van der Waals surface area contributed by atoms with Crippen molar-refractivity contribution >= 4 is 11.5 Å². The molecule has 1 aromatic rings. The first-order valence-corrected chi connectivity index (χ1v) is 6.48. The Labute approximate surface area is 111 Å². The molecule has 0 saturated heterocycles. The van der Waals surface area contributed by atoms with Crippen molar-refractivity contribution in [3.05, 3.63) is 20.8 Å². The van der Waals surface area contributed by atoms with Crippen LogP contribution in [0, 0.1) is 0 Å². The average Bonchev–Trinajstić information content (AvgIpc) is 2.37. The molecule has 1 heterocycles. The van der Waals surface area contributed by atoms with Gasteiger partial charge in [-0.15, -0.1) is 0 Å². The molecule has 0 aliphatic carbocycles. The van der Waals surface area contributed by atoms with Crippen LogP contribution in [-0.2, 0) is 11.3 Å². The highest BCUT2D eigenvalue weighted by Gasteiger charge is 2.13. The fourth-order valence-corrected chi connectivity index (χ4v) is 1.76. The maximum absolute atomic E-state index is 11.8. The lowest BCUT2D eigenvalue weighted by Crippen LogP contribution is -2.36. The molecule has 0 amide bonds. The Morgan fingerprint density at radius 2 is 2.11 bits per heavy atom. The number of aromatic nitrogens is 2. The van der Waals surface area contributed by atoms with Gasteiger partial charge >= 0.3 is 5.69 Å². The summed E-state index contributed by atoms with van der Waals surface area (Å²) in [5.74, 6) is 0.166. The molecule has 7 nitrogen and oxygen atoms in total. The Hall–Kier alpha value is -1.76. The van der Waals surface area contributed by atoms with E-state index in [4.69, 9.17) is 10.5 Å². The van der Waals surface area contributed by atoms with Gasteiger partial charge in [0.1, 0.15) is 11.5 Å². The summed E-state index contributed by atoms with van der Waals surface area (Å²) in [5.41, 5.74) is 5.13. The predicted octanol–water partition coefficient (Wildman–Crippen LogP) is 0.366. The van der Waals surface area contributed by atoms with Crippen molar-refractivity contribution in [1.82, 2.24) is 9.55 Å². The van der Waals surface area contributed by atoms with Crippen molar-refractivity contribution in [2.24, 2.45) is 0 Å². The third-order valence-electron chi connectivity index (χ3n) is 2.65. The van der Waals surface area contributed by atoms with Crippen molar-refractivity contribution < 1.29 is 4.74 Å². The van der Waals surface area contributed by atoms with Gasteiger partial charge in [0.25, 0.3) is 5.56 Å². The van der Waals surface area contributed by atoms with Crippen LogP contribution in [0.4, 0.5) is 11.5 Å². The van der Waals surface area contributed by atoms with Crippen molar-refractivity contribution in [3.63, 3.8) is 0 Å². The molecule has 1 atom stereocenters. The molecule has 19 heavy (non-hydrogen) atoms. The summed E-state index contributed by atoms with van der Waals surface area (Å²) in [6.45, 7) is 7.24. The van der Waals surface area contributed by atoms with Crippen LogP contribution in [0.15, 0.2) is 9.59 Å². The number of rotatable bonds is 7. The van der Waals surface area contributed by atoms with Crippen molar-refractivity contribution in [1.29, 1.82) is 0 Å². The van der Waals surface area contributed by atoms with Crippen molar-refractivity contribution in [2.45, 2.75) is 39.8 Å². The molecular weight excluding hydrogens is 248 g/mol. The second-order valence-electron chi connectivity index (χ2n) is 4.38. The fraction of sp³-hybridized carbons (Fsp3) is 0.667. The smallest absolute Gasteiger partial charge is 0.330 e. The summed E-state index contributed by atoms with van der Waals surface area (Å²) >= 11 is 0. The maximum Gasteiger partial charge on any atom is 0.330 e. The molecule has 4 N–H and O–H groups in total. The summed E-state index contributed by atoms with van der Waals surface area (Å²) in [4.78, 5) is 25.7. The molecule has 0 aliphatic rings. The quantitative estimate of drug-likeness (QED) is 0.664. The molecular formula is C12H22N4O3. The largest absolute Gasteiger partial charge is 0.383 e. The maximum atomic E-state index is 11.8. The van der Waals surface area contributed by atoms with Gasteiger partial charge in [-0.1, -0.05) is 6.92 Å². The number of anilines is 2. The molecule has 0 bridgehead atoms. The Kier molecular flexibility index (Phi) is 5.62. The zero-order chi connectivity index (χ0) is 14.4. The number of hydrogen-bond acceptors (Lipinski definition) is 5. The number of nitrogens with two attached hydrogens (primary N) is 1. The van der Waals surface area contributed by atoms with Crippen LogP contribution in [0.5, 0.6) is 0 Å². The van der Waals surface area contributed by atoms with Crippen LogP contribution in [0.2, 0.25) is 0 Å². The summed E-state index contributed by atoms with van der Waals surface area (Å²) in [6, 6.07) is -0.0732. The normalized spacial score (nSPS) is 12.4. The van der Waals surface area contributed by atoms with E-state index in [1.807, 2.05) is 20.8 Å². The van der Waals surface area contributed by atoms with Crippen molar-refractivity contribution in [2.75, 3.05) is 24.3 Å². The van der Waals surface area contributed by atoms with E-state index in [1.54, 1.807) is 0 Å². The van der Waals surface area contributed by atoms with E-state index in [0.717, 1.165) is 6.42 Å². The predicted molar refractivity (Wildman–Crippen MR) is 75.6 cm³/mol. The molecule has 1 aromatic heterocycles. The highest BCUT2D eigenvalue weighted by molar-refractivity contribution is 5.60. The molecule has 1 rings (SSSR count). The molecule has 0 fully saturated rings. The first kappa shape index (κ1) is 15.3. The zero-order valence-corrected chi connectivity index (χ0v) is 11.7. The number of hydrogen-bond donors (Lipinski definition) is 3. The van der Waals surface area contributed by atoms with E-state index >= 15 is 0 Å². The molecule has 0 aliphatic heterocycles. The summed E-state index contributed by atoms with van der Waals surface area (Å²) in [7, 11) is 0. The van der Waals surface area contributed by atoms with Crippen LogP contribution in [-0.4, -0.2) is 28.8 Å². The summed E-state index contributed by atoms with van der Waals surface area (Å²) in [6.07, 6.45) is 0.754. The van der Waals surface area contributed by atoms with E-state index in [-0.39, 0.29) is 17.5 Å². The van der Waals surface area contributed by atoms with Gasteiger partial charge in [-0.3, -0.25) is 14.3 Å². The second kappa shape index (κ2) is 6.98. The van der Waals surface area contributed by atoms with Gasteiger partial charge in [0.15, 0.2) is 0 Å². The van der Waals surface area contributed by atoms with Crippen LogP contribution in [0.3, 0.4) is 0 Å². The van der Waals surface area contributed by atoms with Crippen LogP contribution >= 0.6 is 0 Å². The highest BCUT2D eigenvalue weighted by Crippen LogP contribution is 2.11. The number of nitrogen functional groups attached to an aromatic ring is 1. The monoisotopic (exact) mass is 270 g/mol. The fourth-order valence-electron chi connectivity index (χ4n) is 1.76. The van der Waals surface area contributed by atoms with Gasteiger partial charge in [0.2, 0.25) is 0 Å². The lowest BCUT2D eigenvalue weighted by Gasteiger charge is -2.17. The van der Waals surface area contributed by atoms with Gasteiger partial charge in [-0.2, -0.15) is 0 Å². The minimum Gasteiger partial charge on any atom is -0.383 e. The number of aromatic amines is 1. The first-order valence-electron chi connectivity index (χ1n) is 6.48. The number of nitrogens with zero attached hydrogens (tertiary/aromatic N) is 1. The molecule has 1 unspecified atom stereocenters. The Bertz CT molecular complexity index is 521. The van der Waals surface area contributed by atoms with E-state index in [2.05, 4.69) is 10.3 Å². The van der Waals surface area contributed by atoms with Gasteiger partial charge in [0, 0.05) is 19.2 Å². The Morgan fingerprint density at radius 3 is 2.68 bits per heavy atom. The van der Waals surface area contributed by atoms with E-state index in [9.17, 15) is 9.59 Å². The number of nitrogens with one attached hydrogen (secondary N) is 2.